The molecule has 1 amide bonds. The fourth-order valence-corrected chi connectivity index (χ4v) is 2.15. The highest BCUT2D eigenvalue weighted by molar-refractivity contribution is 5.78. The minimum Gasteiger partial charge on any atom is -0.462 e. The first kappa shape index (κ1) is 13.1. The summed E-state index contributed by atoms with van der Waals surface area (Å²) in [7, 11) is 0. The Hall–Kier alpha value is -1.33. The minimum atomic E-state index is -0.0906. The fraction of sp³-hybridized carbons (Fsp3) is 0.615. The Bertz CT molecular complexity index is 383. The standard InChI is InChI=1S/C13H20N2O3/c16-10-12-5-4-11(18-12)8-14-9-13(17)15-6-2-1-3-7-15/h4-5,14,16H,1-3,6-10H2. The van der Waals surface area contributed by atoms with Gasteiger partial charge in [0.2, 0.25) is 5.91 Å². The zero-order valence-corrected chi connectivity index (χ0v) is 10.5. The van der Waals surface area contributed by atoms with Gasteiger partial charge in [-0.15, -0.1) is 0 Å². The van der Waals surface area contributed by atoms with Gasteiger partial charge in [-0.2, -0.15) is 0 Å². The predicted molar refractivity (Wildman–Crippen MR) is 66.8 cm³/mol. The van der Waals surface area contributed by atoms with E-state index in [1.807, 2.05) is 11.0 Å². The van der Waals surface area contributed by atoms with Crippen molar-refractivity contribution in [3.63, 3.8) is 0 Å². The molecule has 1 fully saturated rings. The lowest BCUT2D eigenvalue weighted by Gasteiger charge is -2.26. The number of furan rings is 1. The number of carbonyl (C=O) groups is 1. The van der Waals surface area contributed by atoms with Gasteiger partial charge >= 0.3 is 0 Å². The van der Waals surface area contributed by atoms with Crippen LogP contribution in [0.2, 0.25) is 0 Å². The highest BCUT2D eigenvalue weighted by Gasteiger charge is 2.15. The van der Waals surface area contributed by atoms with Gasteiger partial charge in [-0.1, -0.05) is 0 Å². The van der Waals surface area contributed by atoms with Crippen LogP contribution in [0, 0.1) is 0 Å². The Morgan fingerprint density at radius 3 is 2.67 bits per heavy atom. The molecule has 2 N–H and O–H groups in total. The maximum Gasteiger partial charge on any atom is 0.236 e. The van der Waals surface area contributed by atoms with Crippen molar-refractivity contribution in [2.45, 2.75) is 32.4 Å². The molecule has 0 spiro atoms. The van der Waals surface area contributed by atoms with Gasteiger partial charge in [0.25, 0.3) is 0 Å². The van der Waals surface area contributed by atoms with Crippen molar-refractivity contribution in [3.05, 3.63) is 23.7 Å². The molecule has 1 aromatic heterocycles. The third-order valence-corrected chi connectivity index (χ3v) is 3.16. The first-order chi connectivity index (χ1) is 8.79. The van der Waals surface area contributed by atoms with Crippen LogP contribution < -0.4 is 5.32 Å². The molecule has 1 aliphatic rings. The quantitative estimate of drug-likeness (QED) is 0.816. The number of hydrogen-bond acceptors (Lipinski definition) is 4. The molecule has 0 aromatic carbocycles. The number of aliphatic hydroxyl groups excluding tert-OH is 1. The van der Waals surface area contributed by atoms with Gasteiger partial charge < -0.3 is 19.7 Å². The lowest BCUT2D eigenvalue weighted by Crippen LogP contribution is -2.40. The van der Waals surface area contributed by atoms with Crippen LogP contribution in [0.3, 0.4) is 0 Å². The molecule has 2 heterocycles. The van der Waals surface area contributed by atoms with E-state index in [9.17, 15) is 4.79 Å². The zero-order valence-electron chi connectivity index (χ0n) is 10.5. The van der Waals surface area contributed by atoms with Gasteiger partial charge in [0, 0.05) is 13.1 Å². The Morgan fingerprint density at radius 1 is 1.28 bits per heavy atom. The molecule has 0 radical (unpaired) electrons. The summed E-state index contributed by atoms with van der Waals surface area (Å²) >= 11 is 0. The van der Waals surface area contributed by atoms with E-state index in [0.29, 0.717) is 18.8 Å². The van der Waals surface area contributed by atoms with Crippen LogP contribution in [0.25, 0.3) is 0 Å². The van der Waals surface area contributed by atoms with Gasteiger partial charge in [0.05, 0.1) is 13.1 Å². The summed E-state index contributed by atoms with van der Waals surface area (Å²) in [5.41, 5.74) is 0. The third-order valence-electron chi connectivity index (χ3n) is 3.16. The summed E-state index contributed by atoms with van der Waals surface area (Å²) in [6.45, 7) is 2.54. The van der Waals surface area contributed by atoms with E-state index in [4.69, 9.17) is 9.52 Å². The first-order valence-corrected chi connectivity index (χ1v) is 6.46. The van der Waals surface area contributed by atoms with Gasteiger partial charge in [0.15, 0.2) is 0 Å². The maximum absolute atomic E-state index is 11.8. The first-order valence-electron chi connectivity index (χ1n) is 6.46. The molecule has 5 nitrogen and oxygen atoms in total. The number of piperidine rings is 1. The summed E-state index contributed by atoms with van der Waals surface area (Å²) in [5.74, 6) is 1.45. The summed E-state index contributed by atoms with van der Waals surface area (Å²) in [6, 6.07) is 3.55. The molecule has 1 saturated heterocycles. The molecule has 5 heteroatoms. The topological polar surface area (TPSA) is 65.7 Å². The molecule has 2 rings (SSSR count). The van der Waals surface area contributed by atoms with Crippen LogP contribution in [0.15, 0.2) is 16.5 Å². The average molecular weight is 252 g/mol. The van der Waals surface area contributed by atoms with Crippen LogP contribution in [-0.4, -0.2) is 35.5 Å². The Labute approximate surface area is 107 Å². The molecular weight excluding hydrogens is 232 g/mol. The number of nitrogens with zero attached hydrogens (tertiary/aromatic N) is 1. The molecule has 1 aromatic rings. The van der Waals surface area contributed by atoms with Crippen molar-refractivity contribution < 1.29 is 14.3 Å². The van der Waals surface area contributed by atoms with Gasteiger partial charge in [0.1, 0.15) is 18.1 Å². The van der Waals surface area contributed by atoms with E-state index in [2.05, 4.69) is 5.32 Å². The lowest BCUT2D eigenvalue weighted by molar-refractivity contribution is -0.131. The molecule has 0 unspecified atom stereocenters. The lowest BCUT2D eigenvalue weighted by atomic mass is 10.1. The van der Waals surface area contributed by atoms with Crippen molar-refractivity contribution >= 4 is 5.91 Å². The normalized spacial score (nSPS) is 15.9. The Balaban J connectivity index is 1.69. The van der Waals surface area contributed by atoms with Gasteiger partial charge in [-0.05, 0) is 31.4 Å². The van der Waals surface area contributed by atoms with Crippen molar-refractivity contribution in [3.8, 4) is 0 Å². The number of nitrogens with one attached hydrogen (secondary N) is 1. The summed E-state index contributed by atoms with van der Waals surface area (Å²) in [6.07, 6.45) is 3.46. The minimum absolute atomic E-state index is 0.0906. The summed E-state index contributed by atoms with van der Waals surface area (Å²) in [4.78, 5) is 13.8. The molecule has 0 bridgehead atoms. The number of likely N-dealkylation sites (tertiary alicyclic amines) is 1. The van der Waals surface area contributed by atoms with E-state index in [1.54, 1.807) is 6.07 Å². The van der Waals surface area contributed by atoms with Crippen molar-refractivity contribution in [1.29, 1.82) is 0 Å². The second kappa shape index (κ2) is 6.56. The van der Waals surface area contributed by atoms with Crippen LogP contribution in [0.1, 0.15) is 30.8 Å². The molecule has 1 aliphatic heterocycles. The second-order valence-electron chi connectivity index (χ2n) is 4.57. The molecule has 100 valence electrons. The van der Waals surface area contributed by atoms with E-state index in [-0.39, 0.29) is 12.5 Å². The monoisotopic (exact) mass is 252 g/mol. The zero-order chi connectivity index (χ0) is 12.8. The van der Waals surface area contributed by atoms with Crippen molar-refractivity contribution in [1.82, 2.24) is 10.2 Å². The number of carbonyl (C=O) groups excluding carboxylic acids is 1. The van der Waals surface area contributed by atoms with Crippen LogP contribution >= 0.6 is 0 Å². The number of aliphatic hydroxyl groups is 1. The van der Waals surface area contributed by atoms with E-state index in [0.717, 1.165) is 31.7 Å². The summed E-state index contributed by atoms with van der Waals surface area (Å²) in [5, 5.41) is 11.9. The number of rotatable bonds is 5. The summed E-state index contributed by atoms with van der Waals surface area (Å²) < 4.78 is 5.32. The highest BCUT2D eigenvalue weighted by atomic mass is 16.4. The predicted octanol–water partition coefficient (Wildman–Crippen LogP) is 0.874. The van der Waals surface area contributed by atoms with E-state index < -0.39 is 0 Å². The van der Waals surface area contributed by atoms with E-state index in [1.165, 1.54) is 6.42 Å². The molecule has 0 aliphatic carbocycles. The Morgan fingerprint density at radius 2 is 2.00 bits per heavy atom. The third kappa shape index (κ3) is 3.58. The molecule has 0 atom stereocenters. The van der Waals surface area contributed by atoms with Crippen molar-refractivity contribution in [2.75, 3.05) is 19.6 Å². The molecule has 18 heavy (non-hydrogen) atoms. The average Bonchev–Trinajstić information content (AvgIpc) is 2.87. The largest absolute Gasteiger partial charge is 0.462 e. The SMILES string of the molecule is O=C(CNCc1ccc(CO)o1)N1CCCCC1. The maximum atomic E-state index is 11.8. The van der Waals surface area contributed by atoms with Crippen molar-refractivity contribution in [2.24, 2.45) is 0 Å². The molecule has 0 saturated carbocycles. The molecular formula is C13H20N2O3. The van der Waals surface area contributed by atoms with Gasteiger partial charge in [-0.3, -0.25) is 4.79 Å². The van der Waals surface area contributed by atoms with E-state index >= 15 is 0 Å². The van der Waals surface area contributed by atoms with Crippen LogP contribution in [0.4, 0.5) is 0 Å². The van der Waals surface area contributed by atoms with Crippen LogP contribution in [0.5, 0.6) is 0 Å². The Kier molecular flexibility index (Phi) is 4.78. The fourth-order valence-electron chi connectivity index (χ4n) is 2.15. The smallest absolute Gasteiger partial charge is 0.236 e. The van der Waals surface area contributed by atoms with Crippen LogP contribution in [-0.2, 0) is 17.9 Å². The second-order valence-corrected chi connectivity index (χ2v) is 4.57. The number of hydrogen-bond donors (Lipinski definition) is 2. The number of amides is 1. The highest BCUT2D eigenvalue weighted by Crippen LogP contribution is 2.09. The van der Waals surface area contributed by atoms with Gasteiger partial charge in [-0.25, -0.2) is 0 Å².